The highest BCUT2D eigenvalue weighted by Crippen LogP contribution is 2.40. The van der Waals surface area contributed by atoms with Gasteiger partial charge in [0.25, 0.3) is 0 Å². The normalized spacial score (nSPS) is 26.1. The van der Waals surface area contributed by atoms with Crippen LogP contribution in [0.25, 0.3) is 0 Å². The number of likely N-dealkylation sites (tertiary alicyclic amines) is 1. The third kappa shape index (κ3) is 4.10. The van der Waals surface area contributed by atoms with E-state index < -0.39 is 0 Å². The van der Waals surface area contributed by atoms with Crippen molar-refractivity contribution in [3.8, 4) is 0 Å². The summed E-state index contributed by atoms with van der Waals surface area (Å²) >= 11 is 0. The van der Waals surface area contributed by atoms with E-state index in [1.54, 1.807) is 0 Å². The van der Waals surface area contributed by atoms with Gasteiger partial charge in [0.15, 0.2) is 0 Å². The van der Waals surface area contributed by atoms with Gasteiger partial charge >= 0.3 is 0 Å². The molecule has 1 saturated heterocycles. The second kappa shape index (κ2) is 7.64. The first kappa shape index (κ1) is 17.8. The van der Waals surface area contributed by atoms with Crippen molar-refractivity contribution in [3.05, 3.63) is 18.2 Å². The molecule has 2 heterocycles. The fourth-order valence-electron chi connectivity index (χ4n) is 3.25. The van der Waals surface area contributed by atoms with Crippen LogP contribution in [0.5, 0.6) is 0 Å². The lowest BCUT2D eigenvalue weighted by Gasteiger charge is -2.15. The van der Waals surface area contributed by atoms with E-state index >= 15 is 0 Å². The Bertz CT molecular complexity index is 406. The molecule has 0 unspecified atom stereocenters. The zero-order chi connectivity index (χ0) is 12.5. The molecular weight excluding hydrogens is 295 g/mol. The maximum Gasteiger partial charge on any atom is 0.105 e. The molecule has 0 radical (unpaired) electrons. The minimum Gasteiger partial charge on any atom is -0.335 e. The molecule has 1 aromatic heterocycles. The Balaban J connectivity index is 0.000001000. The van der Waals surface area contributed by atoms with E-state index in [4.69, 9.17) is 5.73 Å². The van der Waals surface area contributed by atoms with Crippen LogP contribution in [0.15, 0.2) is 12.4 Å². The number of rotatable bonds is 5. The molecule has 3 rings (SSSR count). The molecule has 116 valence electrons. The summed E-state index contributed by atoms with van der Waals surface area (Å²) in [5.41, 5.74) is 6.24. The van der Waals surface area contributed by atoms with Gasteiger partial charge in [-0.3, -0.25) is 0 Å². The highest BCUT2D eigenvalue weighted by molar-refractivity contribution is 5.85. The average Bonchev–Trinajstić information content (AvgIpc) is 3.01. The van der Waals surface area contributed by atoms with E-state index in [0.29, 0.717) is 6.04 Å². The Labute approximate surface area is 133 Å². The van der Waals surface area contributed by atoms with Crippen molar-refractivity contribution in [2.75, 3.05) is 19.6 Å². The Morgan fingerprint density at radius 2 is 2.00 bits per heavy atom. The van der Waals surface area contributed by atoms with Gasteiger partial charge in [0.1, 0.15) is 5.82 Å². The SMILES string of the molecule is Cc1nccn1CCCN1C[C@H](C2CC2)[C@@H](N)C1.Cl.Cl. The van der Waals surface area contributed by atoms with Crippen molar-refractivity contribution >= 4 is 24.8 Å². The number of hydrogen-bond donors (Lipinski definition) is 1. The number of hydrogen-bond acceptors (Lipinski definition) is 3. The number of aryl methyl sites for hydroxylation is 2. The Morgan fingerprint density at radius 1 is 1.25 bits per heavy atom. The quantitative estimate of drug-likeness (QED) is 0.903. The third-order valence-corrected chi connectivity index (χ3v) is 4.51. The molecule has 0 bridgehead atoms. The molecule has 1 saturated carbocycles. The Morgan fingerprint density at radius 3 is 2.60 bits per heavy atom. The van der Waals surface area contributed by atoms with E-state index in [0.717, 1.165) is 30.7 Å². The average molecular weight is 321 g/mol. The number of aromatic nitrogens is 2. The highest BCUT2D eigenvalue weighted by atomic mass is 35.5. The lowest BCUT2D eigenvalue weighted by atomic mass is 9.99. The lowest BCUT2D eigenvalue weighted by molar-refractivity contribution is 0.305. The van der Waals surface area contributed by atoms with E-state index in [-0.39, 0.29) is 24.8 Å². The van der Waals surface area contributed by atoms with Gasteiger partial charge in [0, 0.05) is 38.1 Å². The Hall–Kier alpha value is -0.290. The van der Waals surface area contributed by atoms with Crippen LogP contribution in [-0.2, 0) is 6.54 Å². The second-order valence-corrected chi connectivity index (χ2v) is 5.95. The molecule has 1 aromatic rings. The summed E-state index contributed by atoms with van der Waals surface area (Å²) < 4.78 is 2.23. The summed E-state index contributed by atoms with van der Waals surface area (Å²) in [7, 11) is 0. The van der Waals surface area contributed by atoms with E-state index in [2.05, 4.69) is 27.6 Å². The van der Waals surface area contributed by atoms with Gasteiger partial charge in [-0.2, -0.15) is 0 Å². The van der Waals surface area contributed by atoms with Gasteiger partial charge in [-0.1, -0.05) is 0 Å². The number of halogens is 2. The van der Waals surface area contributed by atoms with Crippen LogP contribution < -0.4 is 5.73 Å². The molecule has 20 heavy (non-hydrogen) atoms. The van der Waals surface area contributed by atoms with Crippen LogP contribution in [0.4, 0.5) is 0 Å². The standard InChI is InChI=1S/C14H24N4.2ClH/c1-11-16-5-8-18(11)7-2-6-17-9-13(12-3-4-12)14(15)10-17;;/h5,8,12-14H,2-4,6-7,9-10,15H2,1H3;2*1H/t13-,14+;;/m1../s1. The molecule has 2 fully saturated rings. The summed E-state index contributed by atoms with van der Waals surface area (Å²) in [5.74, 6) is 2.84. The van der Waals surface area contributed by atoms with Crippen molar-refractivity contribution in [1.29, 1.82) is 0 Å². The summed E-state index contributed by atoms with van der Waals surface area (Å²) in [6.07, 6.45) is 7.98. The monoisotopic (exact) mass is 320 g/mol. The minimum absolute atomic E-state index is 0. The Kier molecular flexibility index (Phi) is 6.79. The number of imidazole rings is 1. The van der Waals surface area contributed by atoms with Crippen LogP contribution in [-0.4, -0.2) is 40.1 Å². The van der Waals surface area contributed by atoms with Gasteiger partial charge in [0.05, 0.1) is 0 Å². The van der Waals surface area contributed by atoms with Gasteiger partial charge < -0.3 is 15.2 Å². The summed E-state index contributed by atoms with van der Waals surface area (Å²) in [6.45, 7) is 6.65. The molecule has 2 atom stereocenters. The van der Waals surface area contributed by atoms with Gasteiger partial charge in [0.2, 0.25) is 0 Å². The lowest BCUT2D eigenvalue weighted by Crippen LogP contribution is -2.30. The first-order valence-electron chi connectivity index (χ1n) is 7.19. The van der Waals surface area contributed by atoms with E-state index in [1.807, 2.05) is 6.20 Å². The highest BCUT2D eigenvalue weighted by Gasteiger charge is 2.40. The van der Waals surface area contributed by atoms with Crippen molar-refractivity contribution in [2.45, 2.75) is 38.8 Å². The molecule has 0 aromatic carbocycles. The van der Waals surface area contributed by atoms with Crippen LogP contribution >= 0.6 is 24.8 Å². The van der Waals surface area contributed by atoms with E-state index in [1.165, 1.54) is 32.4 Å². The van der Waals surface area contributed by atoms with Gasteiger partial charge in [-0.05, 0) is 44.6 Å². The van der Waals surface area contributed by atoms with Gasteiger partial charge in [-0.15, -0.1) is 24.8 Å². The minimum atomic E-state index is 0. The maximum absolute atomic E-state index is 6.24. The third-order valence-electron chi connectivity index (χ3n) is 4.51. The second-order valence-electron chi connectivity index (χ2n) is 5.95. The first-order valence-corrected chi connectivity index (χ1v) is 7.19. The fraction of sp³-hybridized carbons (Fsp3) is 0.786. The summed E-state index contributed by atoms with van der Waals surface area (Å²) in [6, 6.07) is 0.424. The van der Waals surface area contributed by atoms with E-state index in [9.17, 15) is 0 Å². The molecule has 6 heteroatoms. The molecule has 2 N–H and O–H groups in total. The van der Waals surface area contributed by atoms with Gasteiger partial charge in [-0.25, -0.2) is 4.98 Å². The van der Waals surface area contributed by atoms with Crippen LogP contribution in [0, 0.1) is 18.8 Å². The fourth-order valence-corrected chi connectivity index (χ4v) is 3.25. The van der Waals surface area contributed by atoms with Crippen molar-refractivity contribution in [1.82, 2.24) is 14.5 Å². The molecule has 0 amide bonds. The maximum atomic E-state index is 6.24. The smallest absolute Gasteiger partial charge is 0.105 e. The van der Waals surface area contributed by atoms with Crippen molar-refractivity contribution < 1.29 is 0 Å². The molecule has 4 nitrogen and oxygen atoms in total. The molecule has 1 aliphatic carbocycles. The largest absolute Gasteiger partial charge is 0.335 e. The van der Waals surface area contributed by atoms with Crippen LogP contribution in [0.3, 0.4) is 0 Å². The van der Waals surface area contributed by atoms with Crippen LogP contribution in [0.2, 0.25) is 0 Å². The first-order chi connectivity index (χ1) is 8.74. The van der Waals surface area contributed by atoms with Crippen molar-refractivity contribution in [2.24, 2.45) is 17.6 Å². The van der Waals surface area contributed by atoms with Crippen LogP contribution in [0.1, 0.15) is 25.1 Å². The molecule has 1 aliphatic heterocycles. The predicted octanol–water partition coefficient (Wildman–Crippen LogP) is 2.09. The molecule has 2 aliphatic rings. The molecular formula is C14H26Cl2N4. The summed E-state index contributed by atoms with van der Waals surface area (Å²) in [4.78, 5) is 6.81. The predicted molar refractivity (Wildman–Crippen MR) is 86.7 cm³/mol. The topological polar surface area (TPSA) is 47.1 Å². The summed E-state index contributed by atoms with van der Waals surface area (Å²) in [5, 5.41) is 0. The molecule has 0 spiro atoms. The van der Waals surface area contributed by atoms with Crippen molar-refractivity contribution in [3.63, 3.8) is 0 Å². The zero-order valence-electron chi connectivity index (χ0n) is 12.1. The number of nitrogens with zero attached hydrogens (tertiary/aromatic N) is 3. The zero-order valence-corrected chi connectivity index (χ0v) is 13.7. The number of nitrogens with two attached hydrogens (primary N) is 1.